The van der Waals surface area contributed by atoms with Gasteiger partial charge in [0.25, 0.3) is 0 Å². The third-order valence-electron chi connectivity index (χ3n) is 4.87. The van der Waals surface area contributed by atoms with Gasteiger partial charge in [0.2, 0.25) is 10.0 Å². The summed E-state index contributed by atoms with van der Waals surface area (Å²) in [7, 11) is -3.49. The zero-order chi connectivity index (χ0) is 16.7. The van der Waals surface area contributed by atoms with Gasteiger partial charge in [0.15, 0.2) is 5.89 Å². The standard InChI is InChI=1S/C17H21N3O3S/c1-11-18-17(10-23-11)12-2-6-16(7-3-12)24(21,22)20-15-8-13-4-5-14(9-15)19-13/h2-3,6-7,10,13-15,19-20H,4-5,8-9H2,1H3. The van der Waals surface area contributed by atoms with Crippen LogP contribution in [0.5, 0.6) is 0 Å². The number of oxazole rings is 1. The fraction of sp³-hybridized carbons (Fsp3) is 0.471. The van der Waals surface area contributed by atoms with Crippen LogP contribution in [0.1, 0.15) is 31.6 Å². The normalized spacial score (nSPS) is 26.6. The summed E-state index contributed by atoms with van der Waals surface area (Å²) in [6.45, 7) is 1.78. The molecule has 2 aromatic rings. The van der Waals surface area contributed by atoms with Crippen molar-refractivity contribution in [3.05, 3.63) is 36.4 Å². The highest BCUT2D eigenvalue weighted by molar-refractivity contribution is 7.89. The second-order valence-electron chi connectivity index (χ2n) is 6.70. The highest BCUT2D eigenvalue weighted by Gasteiger charge is 2.35. The highest BCUT2D eigenvalue weighted by Crippen LogP contribution is 2.28. The molecule has 3 heterocycles. The second-order valence-corrected chi connectivity index (χ2v) is 8.42. The van der Waals surface area contributed by atoms with E-state index in [4.69, 9.17) is 4.42 Å². The summed E-state index contributed by atoms with van der Waals surface area (Å²) < 4.78 is 33.3. The van der Waals surface area contributed by atoms with E-state index < -0.39 is 10.0 Å². The van der Waals surface area contributed by atoms with E-state index in [-0.39, 0.29) is 10.9 Å². The molecule has 2 atom stereocenters. The predicted molar refractivity (Wildman–Crippen MR) is 90.0 cm³/mol. The number of hydrogen-bond donors (Lipinski definition) is 2. The van der Waals surface area contributed by atoms with Gasteiger partial charge in [-0.1, -0.05) is 12.1 Å². The summed E-state index contributed by atoms with van der Waals surface area (Å²) in [6, 6.07) is 7.69. The molecule has 1 aromatic heterocycles. The van der Waals surface area contributed by atoms with E-state index in [1.165, 1.54) is 0 Å². The molecule has 2 unspecified atom stereocenters. The van der Waals surface area contributed by atoms with Gasteiger partial charge in [-0.15, -0.1) is 0 Å². The lowest BCUT2D eigenvalue weighted by Crippen LogP contribution is -2.47. The van der Waals surface area contributed by atoms with Gasteiger partial charge in [-0.2, -0.15) is 0 Å². The molecular formula is C17H21N3O3S. The van der Waals surface area contributed by atoms with Gasteiger partial charge >= 0.3 is 0 Å². The number of nitrogens with one attached hydrogen (secondary N) is 2. The number of fused-ring (bicyclic) bond motifs is 2. The quantitative estimate of drug-likeness (QED) is 0.886. The third kappa shape index (κ3) is 3.11. The molecular weight excluding hydrogens is 326 g/mol. The fourth-order valence-electron chi connectivity index (χ4n) is 3.74. The summed E-state index contributed by atoms with van der Waals surface area (Å²) in [4.78, 5) is 4.54. The Bertz CT molecular complexity index is 817. The Hall–Kier alpha value is -1.70. The van der Waals surface area contributed by atoms with E-state index >= 15 is 0 Å². The Kier molecular flexibility index (Phi) is 3.94. The van der Waals surface area contributed by atoms with Crippen molar-refractivity contribution in [1.82, 2.24) is 15.0 Å². The molecule has 0 radical (unpaired) electrons. The van der Waals surface area contributed by atoms with E-state index in [2.05, 4.69) is 15.0 Å². The minimum absolute atomic E-state index is 0.0200. The smallest absolute Gasteiger partial charge is 0.240 e. The molecule has 0 saturated carbocycles. The maximum absolute atomic E-state index is 12.6. The van der Waals surface area contributed by atoms with Crippen molar-refractivity contribution >= 4 is 10.0 Å². The summed E-state index contributed by atoms with van der Waals surface area (Å²) >= 11 is 0. The molecule has 2 aliphatic heterocycles. The molecule has 0 amide bonds. The van der Waals surface area contributed by atoms with Crippen molar-refractivity contribution in [1.29, 1.82) is 0 Å². The Balaban J connectivity index is 1.49. The summed E-state index contributed by atoms with van der Waals surface area (Å²) in [5, 5.41) is 3.52. The van der Waals surface area contributed by atoms with Crippen LogP contribution in [-0.2, 0) is 10.0 Å². The Morgan fingerprint density at radius 2 is 1.83 bits per heavy atom. The molecule has 1 aromatic carbocycles. The summed E-state index contributed by atoms with van der Waals surface area (Å²) in [5.41, 5.74) is 1.55. The number of aryl methyl sites for hydroxylation is 1. The van der Waals surface area contributed by atoms with Gasteiger partial charge < -0.3 is 9.73 Å². The van der Waals surface area contributed by atoms with Crippen LogP contribution < -0.4 is 10.0 Å². The molecule has 4 rings (SSSR count). The van der Waals surface area contributed by atoms with Crippen LogP contribution in [0.4, 0.5) is 0 Å². The number of rotatable bonds is 4. The lowest BCUT2D eigenvalue weighted by Gasteiger charge is -2.29. The van der Waals surface area contributed by atoms with Crippen molar-refractivity contribution in [2.75, 3.05) is 0 Å². The van der Waals surface area contributed by atoms with E-state index in [9.17, 15) is 8.42 Å². The third-order valence-corrected chi connectivity index (χ3v) is 6.41. The molecule has 2 N–H and O–H groups in total. The minimum Gasteiger partial charge on any atom is -0.449 e. The van der Waals surface area contributed by atoms with Crippen LogP contribution in [0, 0.1) is 6.92 Å². The van der Waals surface area contributed by atoms with Crippen LogP contribution in [0.2, 0.25) is 0 Å². The largest absolute Gasteiger partial charge is 0.449 e. The van der Waals surface area contributed by atoms with Crippen molar-refractivity contribution in [2.24, 2.45) is 0 Å². The lowest BCUT2D eigenvalue weighted by atomic mass is 10.0. The maximum atomic E-state index is 12.6. The van der Waals surface area contributed by atoms with Crippen LogP contribution in [0.25, 0.3) is 11.3 Å². The van der Waals surface area contributed by atoms with Gasteiger partial charge in [0.05, 0.1) is 4.90 Å². The molecule has 7 heteroatoms. The molecule has 0 spiro atoms. The first kappa shape index (κ1) is 15.8. The Labute approximate surface area is 141 Å². The van der Waals surface area contributed by atoms with Crippen molar-refractivity contribution in [2.45, 2.75) is 55.6 Å². The Morgan fingerprint density at radius 3 is 2.42 bits per heavy atom. The van der Waals surface area contributed by atoms with Gasteiger partial charge in [0, 0.05) is 30.6 Å². The molecule has 6 nitrogen and oxygen atoms in total. The molecule has 2 fully saturated rings. The van der Waals surface area contributed by atoms with E-state index in [0.29, 0.717) is 23.7 Å². The first-order valence-corrected chi connectivity index (χ1v) is 9.79. The zero-order valence-electron chi connectivity index (χ0n) is 13.5. The predicted octanol–water partition coefficient (Wildman–Crippen LogP) is 2.21. The fourth-order valence-corrected chi connectivity index (χ4v) is 5.00. The van der Waals surface area contributed by atoms with E-state index in [1.54, 1.807) is 37.5 Å². The first-order chi connectivity index (χ1) is 11.5. The molecule has 24 heavy (non-hydrogen) atoms. The summed E-state index contributed by atoms with van der Waals surface area (Å²) in [5.74, 6) is 0.587. The van der Waals surface area contributed by atoms with Crippen molar-refractivity contribution in [3.8, 4) is 11.3 Å². The summed E-state index contributed by atoms with van der Waals surface area (Å²) in [6.07, 6.45) is 5.60. The number of benzene rings is 1. The van der Waals surface area contributed by atoms with Crippen LogP contribution in [0.3, 0.4) is 0 Å². The van der Waals surface area contributed by atoms with Crippen LogP contribution in [-0.4, -0.2) is 31.5 Å². The second kappa shape index (κ2) is 5.98. The topological polar surface area (TPSA) is 84.2 Å². The number of piperidine rings is 1. The molecule has 2 aliphatic rings. The number of sulfonamides is 1. The van der Waals surface area contributed by atoms with Gasteiger partial charge in [0.1, 0.15) is 12.0 Å². The lowest BCUT2D eigenvalue weighted by molar-refractivity contribution is 0.345. The first-order valence-electron chi connectivity index (χ1n) is 8.30. The average molecular weight is 347 g/mol. The SMILES string of the molecule is Cc1nc(-c2ccc(S(=O)(=O)NC3CC4CCC(C3)N4)cc2)co1. The van der Waals surface area contributed by atoms with Crippen LogP contribution in [0.15, 0.2) is 39.8 Å². The average Bonchev–Trinajstić information content (AvgIpc) is 3.13. The van der Waals surface area contributed by atoms with Crippen molar-refractivity contribution < 1.29 is 12.8 Å². The number of hydrogen-bond acceptors (Lipinski definition) is 5. The van der Waals surface area contributed by atoms with E-state index in [1.807, 2.05) is 0 Å². The highest BCUT2D eigenvalue weighted by atomic mass is 32.2. The van der Waals surface area contributed by atoms with Gasteiger partial charge in [-0.3, -0.25) is 0 Å². The van der Waals surface area contributed by atoms with Gasteiger partial charge in [-0.05, 0) is 37.8 Å². The molecule has 128 valence electrons. The number of nitrogens with zero attached hydrogens (tertiary/aromatic N) is 1. The van der Waals surface area contributed by atoms with Crippen molar-refractivity contribution in [3.63, 3.8) is 0 Å². The molecule has 0 aliphatic carbocycles. The number of aromatic nitrogens is 1. The minimum atomic E-state index is -3.49. The zero-order valence-corrected chi connectivity index (χ0v) is 14.3. The Morgan fingerprint density at radius 1 is 1.17 bits per heavy atom. The monoisotopic (exact) mass is 347 g/mol. The molecule has 2 bridgehead atoms. The van der Waals surface area contributed by atoms with Gasteiger partial charge in [-0.25, -0.2) is 18.1 Å². The van der Waals surface area contributed by atoms with Crippen LogP contribution >= 0.6 is 0 Å². The van der Waals surface area contributed by atoms with E-state index in [0.717, 1.165) is 31.2 Å². The molecule has 2 saturated heterocycles. The maximum Gasteiger partial charge on any atom is 0.240 e.